The Morgan fingerprint density at radius 1 is 1.12 bits per heavy atom. The molecule has 4 nitrogen and oxygen atoms in total. The fourth-order valence-electron chi connectivity index (χ4n) is 4.56. The van der Waals surface area contributed by atoms with Gasteiger partial charge < -0.3 is 4.90 Å². The first-order valence-corrected chi connectivity index (χ1v) is 10.4. The second kappa shape index (κ2) is 9.01. The molecule has 2 atom stereocenters. The van der Waals surface area contributed by atoms with Gasteiger partial charge >= 0.3 is 0 Å². The number of carbonyl (C=O) groups is 1. The highest BCUT2D eigenvalue weighted by Gasteiger charge is 2.37. The first-order valence-electron chi connectivity index (χ1n) is 10.4. The third-order valence-corrected chi connectivity index (χ3v) is 6.30. The number of hydrogen-bond acceptors (Lipinski definition) is 3. The molecule has 1 saturated carbocycles. The molecule has 3 rings (SSSR count). The van der Waals surface area contributed by atoms with Crippen molar-refractivity contribution in [1.82, 2.24) is 15.8 Å². The van der Waals surface area contributed by atoms with Crippen molar-refractivity contribution >= 4 is 5.91 Å². The highest BCUT2D eigenvalue weighted by molar-refractivity contribution is 5.82. The lowest BCUT2D eigenvalue weighted by molar-refractivity contribution is -0.139. The molecule has 1 aliphatic carbocycles. The van der Waals surface area contributed by atoms with Crippen molar-refractivity contribution in [1.29, 1.82) is 0 Å². The third kappa shape index (κ3) is 4.86. The fourth-order valence-corrected chi connectivity index (χ4v) is 4.56. The maximum atomic E-state index is 12.6. The maximum Gasteiger partial charge on any atom is 0.228 e. The zero-order valence-electron chi connectivity index (χ0n) is 16.5. The molecule has 1 aliphatic heterocycles. The summed E-state index contributed by atoms with van der Waals surface area (Å²) in [4.78, 5) is 14.6. The predicted octanol–water partition coefficient (Wildman–Crippen LogP) is 4.19. The van der Waals surface area contributed by atoms with Gasteiger partial charge in [-0.05, 0) is 37.7 Å². The van der Waals surface area contributed by atoms with E-state index in [-0.39, 0.29) is 5.41 Å². The van der Waals surface area contributed by atoms with E-state index in [1.165, 1.54) is 37.7 Å². The summed E-state index contributed by atoms with van der Waals surface area (Å²) >= 11 is 0. The topological polar surface area (TPSA) is 44.4 Å². The highest BCUT2D eigenvalue weighted by atomic mass is 16.2. The van der Waals surface area contributed by atoms with E-state index in [9.17, 15) is 4.79 Å². The minimum atomic E-state index is -0.0827. The fraction of sp³-hybridized carbons (Fsp3) is 0.682. The molecule has 1 heterocycles. The average molecular weight is 358 g/mol. The summed E-state index contributed by atoms with van der Waals surface area (Å²) in [5.74, 6) is 0.363. The molecule has 4 heteroatoms. The van der Waals surface area contributed by atoms with Crippen LogP contribution in [0, 0.1) is 5.41 Å². The zero-order valence-corrected chi connectivity index (χ0v) is 16.5. The number of carbonyl (C=O) groups excluding carboxylic acids is 1. The van der Waals surface area contributed by atoms with Crippen molar-refractivity contribution < 1.29 is 4.79 Å². The lowest BCUT2D eigenvalue weighted by Gasteiger charge is -2.29. The van der Waals surface area contributed by atoms with Gasteiger partial charge in [0.15, 0.2) is 0 Å². The number of hydrazine groups is 1. The monoisotopic (exact) mass is 357 g/mol. The molecule has 2 unspecified atom stereocenters. The van der Waals surface area contributed by atoms with Crippen molar-refractivity contribution in [3.8, 4) is 0 Å². The van der Waals surface area contributed by atoms with Crippen LogP contribution in [0.25, 0.3) is 0 Å². The van der Waals surface area contributed by atoms with Crippen LogP contribution in [0.2, 0.25) is 0 Å². The molecule has 1 aromatic carbocycles. The Labute approximate surface area is 158 Å². The second-order valence-corrected chi connectivity index (χ2v) is 8.53. The number of unbranched alkanes of at least 4 members (excludes halogenated alkanes) is 2. The summed E-state index contributed by atoms with van der Waals surface area (Å²) in [7, 11) is 1.98. The van der Waals surface area contributed by atoms with Gasteiger partial charge in [0, 0.05) is 31.1 Å². The molecule has 1 aromatic rings. The molecule has 1 amide bonds. The number of rotatable bonds is 8. The Morgan fingerprint density at radius 3 is 2.58 bits per heavy atom. The van der Waals surface area contributed by atoms with Crippen LogP contribution in [0.4, 0.5) is 0 Å². The third-order valence-electron chi connectivity index (χ3n) is 6.30. The molecule has 144 valence electrons. The Kier molecular flexibility index (Phi) is 6.71. The van der Waals surface area contributed by atoms with Gasteiger partial charge in [-0.3, -0.25) is 15.6 Å². The Hall–Kier alpha value is -1.39. The summed E-state index contributed by atoms with van der Waals surface area (Å²) in [6, 6.07) is 11.6. The highest BCUT2D eigenvalue weighted by Crippen LogP contribution is 2.38. The van der Waals surface area contributed by atoms with Crippen LogP contribution in [0.1, 0.15) is 76.3 Å². The number of hydrogen-bond donors (Lipinski definition) is 2. The second-order valence-electron chi connectivity index (χ2n) is 8.53. The number of benzene rings is 1. The molecule has 1 saturated heterocycles. The first kappa shape index (κ1) is 19.4. The quantitative estimate of drug-likeness (QED) is 0.686. The molecule has 2 fully saturated rings. The van der Waals surface area contributed by atoms with Crippen molar-refractivity contribution in [2.75, 3.05) is 13.6 Å². The maximum absolute atomic E-state index is 12.6. The van der Waals surface area contributed by atoms with Crippen LogP contribution in [-0.4, -0.2) is 30.4 Å². The van der Waals surface area contributed by atoms with Gasteiger partial charge in [0.05, 0.1) is 0 Å². The SMILES string of the molecule is CN(CCCCCC1CC(c2ccccc2)NN1)C(=O)C1(C)CCCC1. The van der Waals surface area contributed by atoms with Crippen molar-refractivity contribution in [3.63, 3.8) is 0 Å². The Bertz CT molecular complexity index is 568. The van der Waals surface area contributed by atoms with Crippen LogP contribution in [0.3, 0.4) is 0 Å². The van der Waals surface area contributed by atoms with E-state index >= 15 is 0 Å². The molecular formula is C22H35N3O. The Balaban J connectivity index is 1.29. The van der Waals surface area contributed by atoms with Crippen molar-refractivity contribution in [2.24, 2.45) is 5.41 Å². The summed E-state index contributed by atoms with van der Waals surface area (Å²) in [5, 5.41) is 0. The molecule has 2 N–H and O–H groups in total. The summed E-state index contributed by atoms with van der Waals surface area (Å²) in [6.45, 7) is 3.05. The van der Waals surface area contributed by atoms with Gasteiger partial charge in [-0.25, -0.2) is 0 Å². The van der Waals surface area contributed by atoms with E-state index in [2.05, 4.69) is 48.1 Å². The minimum absolute atomic E-state index is 0.0827. The summed E-state index contributed by atoms with van der Waals surface area (Å²) in [5.41, 5.74) is 8.16. The van der Waals surface area contributed by atoms with Crippen LogP contribution in [-0.2, 0) is 4.79 Å². The summed E-state index contributed by atoms with van der Waals surface area (Å²) < 4.78 is 0. The largest absolute Gasteiger partial charge is 0.345 e. The molecule has 0 bridgehead atoms. The summed E-state index contributed by atoms with van der Waals surface area (Å²) in [6.07, 6.45) is 10.4. The van der Waals surface area contributed by atoms with Crippen molar-refractivity contribution in [3.05, 3.63) is 35.9 Å². The van der Waals surface area contributed by atoms with Gasteiger partial charge in [-0.2, -0.15) is 0 Å². The van der Waals surface area contributed by atoms with Crippen LogP contribution in [0.5, 0.6) is 0 Å². The molecular weight excluding hydrogens is 322 g/mol. The predicted molar refractivity (Wildman–Crippen MR) is 107 cm³/mol. The minimum Gasteiger partial charge on any atom is -0.345 e. The van der Waals surface area contributed by atoms with E-state index in [0.29, 0.717) is 18.0 Å². The van der Waals surface area contributed by atoms with Gasteiger partial charge in [0.25, 0.3) is 0 Å². The molecule has 26 heavy (non-hydrogen) atoms. The molecule has 0 spiro atoms. The van der Waals surface area contributed by atoms with Gasteiger partial charge in [0.1, 0.15) is 0 Å². The smallest absolute Gasteiger partial charge is 0.228 e. The lowest BCUT2D eigenvalue weighted by Crippen LogP contribution is -2.39. The Morgan fingerprint density at radius 2 is 1.85 bits per heavy atom. The van der Waals surface area contributed by atoms with Gasteiger partial charge in [0.2, 0.25) is 5.91 Å². The molecule has 0 aromatic heterocycles. The lowest BCUT2D eigenvalue weighted by atomic mass is 9.87. The number of amides is 1. The van der Waals surface area contributed by atoms with Crippen LogP contribution >= 0.6 is 0 Å². The van der Waals surface area contributed by atoms with Gasteiger partial charge in [-0.15, -0.1) is 0 Å². The standard InChI is InChI=1S/C22H35N3O/c1-22(14-8-9-15-22)21(26)25(2)16-10-4-7-13-19-17-20(24-23-19)18-11-5-3-6-12-18/h3,5-6,11-12,19-20,23-24H,4,7-10,13-17H2,1-2H3. The van der Waals surface area contributed by atoms with E-state index < -0.39 is 0 Å². The number of nitrogens with one attached hydrogen (secondary N) is 2. The van der Waals surface area contributed by atoms with Crippen LogP contribution in [0.15, 0.2) is 30.3 Å². The molecule has 2 aliphatic rings. The van der Waals surface area contributed by atoms with E-state index in [4.69, 9.17) is 0 Å². The van der Waals surface area contributed by atoms with E-state index in [1.807, 2.05) is 11.9 Å². The van der Waals surface area contributed by atoms with Crippen molar-refractivity contribution in [2.45, 2.75) is 76.8 Å². The number of nitrogens with zero attached hydrogens (tertiary/aromatic N) is 1. The van der Waals surface area contributed by atoms with E-state index in [0.717, 1.165) is 32.2 Å². The molecule has 0 radical (unpaired) electrons. The normalized spacial score (nSPS) is 24.7. The average Bonchev–Trinajstić information content (AvgIpc) is 3.31. The first-order chi connectivity index (χ1) is 12.6. The van der Waals surface area contributed by atoms with Gasteiger partial charge in [-0.1, -0.05) is 62.9 Å². The van der Waals surface area contributed by atoms with Crippen LogP contribution < -0.4 is 10.9 Å². The van der Waals surface area contributed by atoms with E-state index in [1.54, 1.807) is 0 Å². The zero-order chi connectivity index (χ0) is 18.4.